The number of alkyl halides is 3. The number of hydrogen-bond acceptors (Lipinski definition) is 5. The molecular formula is C25H24ClF8N5O2S. The molecule has 1 aliphatic carbocycles. The van der Waals surface area contributed by atoms with Crippen molar-refractivity contribution in [3.8, 4) is 6.19 Å². The molecule has 7 nitrogen and oxygen atoms in total. The Balaban J connectivity index is 1.82. The van der Waals surface area contributed by atoms with Crippen LogP contribution in [0.2, 0.25) is 0 Å². The highest BCUT2D eigenvalue weighted by Crippen LogP contribution is 3.02. The van der Waals surface area contributed by atoms with E-state index in [1.54, 1.807) is 6.19 Å². The number of likely N-dealkylation sites (tertiary alicyclic amines) is 1. The minimum atomic E-state index is -10.1. The van der Waals surface area contributed by atoms with Gasteiger partial charge in [-0.15, -0.1) is 11.6 Å². The van der Waals surface area contributed by atoms with Crippen molar-refractivity contribution >= 4 is 39.3 Å². The van der Waals surface area contributed by atoms with Crippen LogP contribution in [0.3, 0.4) is 0 Å². The Hall–Kier alpha value is -3.32. The monoisotopic (exact) mass is 645 g/mol. The summed E-state index contributed by atoms with van der Waals surface area (Å²) in [6, 6.07) is -1.96. The fourth-order valence-corrected chi connectivity index (χ4v) is 5.99. The number of amides is 2. The minimum absolute atomic E-state index is 0.0419. The molecule has 230 valence electrons. The summed E-state index contributed by atoms with van der Waals surface area (Å²) < 4.78 is 109. The first-order valence-corrected chi connectivity index (χ1v) is 14.9. The summed E-state index contributed by atoms with van der Waals surface area (Å²) in [5, 5.41) is 11.4. The summed E-state index contributed by atoms with van der Waals surface area (Å²) in [6.07, 6.45) is 2.07. The van der Waals surface area contributed by atoms with Crippen LogP contribution >= 0.6 is 21.8 Å². The second-order valence-electron chi connectivity index (χ2n) is 10.3. The molecule has 2 heterocycles. The van der Waals surface area contributed by atoms with Gasteiger partial charge in [-0.1, -0.05) is 19.4 Å². The number of carbonyl (C=O) groups is 2. The van der Waals surface area contributed by atoms with Gasteiger partial charge in [0.2, 0.25) is 11.8 Å². The van der Waals surface area contributed by atoms with Crippen molar-refractivity contribution in [1.82, 2.24) is 15.2 Å². The summed E-state index contributed by atoms with van der Waals surface area (Å²) in [6.45, 7) is -0.0832. The Bertz CT molecular complexity index is 1400. The van der Waals surface area contributed by atoms with Crippen molar-refractivity contribution in [2.45, 2.75) is 66.4 Å². The SMILES string of the molecule is N#CN1CC(Cl)C[C@@H]1C(=O)N(c1ccc(S(F)(F)(F)(F)F)cc1)C(C(=O)NC1CCC(F)(F)CC1)c1cncc(F)c1. The molecule has 1 aromatic heterocycles. The van der Waals surface area contributed by atoms with E-state index in [1.165, 1.54) is 0 Å². The molecule has 17 heteroatoms. The molecule has 1 aliphatic heterocycles. The van der Waals surface area contributed by atoms with Gasteiger partial charge in [0.25, 0.3) is 5.91 Å². The van der Waals surface area contributed by atoms with Crippen molar-refractivity contribution in [2.24, 2.45) is 0 Å². The zero-order valence-corrected chi connectivity index (χ0v) is 23.1. The lowest BCUT2D eigenvalue weighted by atomic mass is 9.91. The first-order valence-electron chi connectivity index (χ1n) is 12.5. The zero-order chi connectivity index (χ0) is 31.2. The predicted molar refractivity (Wildman–Crippen MR) is 138 cm³/mol. The third-order valence-corrected chi connectivity index (χ3v) is 8.55. The molecule has 3 atom stereocenters. The fourth-order valence-electron chi connectivity index (χ4n) is 5.02. The molecule has 2 aliphatic rings. The van der Waals surface area contributed by atoms with Gasteiger partial charge >= 0.3 is 10.2 Å². The van der Waals surface area contributed by atoms with Crippen LogP contribution in [0.4, 0.5) is 38.3 Å². The van der Waals surface area contributed by atoms with Crippen molar-refractivity contribution in [2.75, 3.05) is 11.4 Å². The van der Waals surface area contributed by atoms with Gasteiger partial charge in [0.05, 0.1) is 11.6 Å². The maximum Gasteiger partial charge on any atom is 0.310 e. The smallest absolute Gasteiger partial charge is 0.310 e. The van der Waals surface area contributed by atoms with E-state index in [0.717, 1.165) is 23.4 Å². The van der Waals surface area contributed by atoms with Crippen LogP contribution in [0.5, 0.6) is 0 Å². The van der Waals surface area contributed by atoms with Crippen LogP contribution in [0.1, 0.15) is 43.7 Å². The number of nitriles is 1. The molecule has 2 aromatic rings. The maximum atomic E-state index is 14.3. The molecule has 1 saturated heterocycles. The van der Waals surface area contributed by atoms with Gasteiger partial charge in [-0.3, -0.25) is 24.4 Å². The Morgan fingerprint density at radius 1 is 1.12 bits per heavy atom. The highest BCUT2D eigenvalue weighted by Gasteiger charge is 2.65. The second-order valence-corrected chi connectivity index (χ2v) is 13.3. The summed E-state index contributed by atoms with van der Waals surface area (Å²) >= 11 is 6.14. The maximum absolute atomic E-state index is 14.3. The van der Waals surface area contributed by atoms with E-state index in [9.17, 15) is 47.5 Å². The Kier molecular flexibility index (Phi) is 7.86. The van der Waals surface area contributed by atoms with Gasteiger partial charge in [-0.25, -0.2) is 13.2 Å². The number of anilines is 1. The van der Waals surface area contributed by atoms with Crippen LogP contribution in [-0.2, 0) is 9.59 Å². The number of carbonyl (C=O) groups excluding carboxylic acids is 2. The van der Waals surface area contributed by atoms with Crippen molar-refractivity contribution in [3.05, 3.63) is 54.1 Å². The van der Waals surface area contributed by atoms with E-state index >= 15 is 0 Å². The number of nitrogens with one attached hydrogen (secondary N) is 1. The molecule has 0 radical (unpaired) electrons. The van der Waals surface area contributed by atoms with Gasteiger partial charge in [-0.2, -0.15) is 5.26 Å². The largest absolute Gasteiger partial charge is 0.351 e. The summed E-state index contributed by atoms with van der Waals surface area (Å²) in [7, 11) is -10.1. The Morgan fingerprint density at radius 2 is 1.74 bits per heavy atom. The van der Waals surface area contributed by atoms with Gasteiger partial charge < -0.3 is 5.32 Å². The molecular weight excluding hydrogens is 622 g/mol. The van der Waals surface area contributed by atoms with Crippen molar-refractivity contribution in [1.29, 1.82) is 5.26 Å². The average molecular weight is 646 g/mol. The van der Waals surface area contributed by atoms with E-state index in [4.69, 9.17) is 11.6 Å². The lowest BCUT2D eigenvalue weighted by molar-refractivity contribution is -0.129. The summed E-state index contributed by atoms with van der Waals surface area (Å²) in [4.78, 5) is 30.7. The normalized spacial score (nSPS) is 23.3. The highest BCUT2D eigenvalue weighted by molar-refractivity contribution is 8.45. The van der Waals surface area contributed by atoms with Crippen LogP contribution in [0, 0.1) is 17.3 Å². The van der Waals surface area contributed by atoms with Gasteiger partial charge in [0.15, 0.2) is 6.19 Å². The molecule has 1 saturated carbocycles. The number of rotatable bonds is 7. The molecule has 1 aromatic carbocycles. The van der Waals surface area contributed by atoms with E-state index in [0.29, 0.717) is 17.0 Å². The van der Waals surface area contributed by atoms with Crippen molar-refractivity contribution in [3.63, 3.8) is 0 Å². The quantitative estimate of drug-likeness (QED) is 0.203. The van der Waals surface area contributed by atoms with Crippen LogP contribution in [0.15, 0.2) is 47.6 Å². The number of benzene rings is 1. The highest BCUT2D eigenvalue weighted by atomic mass is 35.5. The van der Waals surface area contributed by atoms with Gasteiger partial charge in [0, 0.05) is 42.9 Å². The molecule has 2 unspecified atom stereocenters. The van der Waals surface area contributed by atoms with Crippen LogP contribution in [-0.4, -0.2) is 51.6 Å². The molecule has 2 fully saturated rings. The lowest BCUT2D eigenvalue weighted by Gasteiger charge is -2.41. The topological polar surface area (TPSA) is 89.3 Å². The van der Waals surface area contributed by atoms with Gasteiger partial charge in [0.1, 0.15) is 22.8 Å². The standard InChI is InChI=1S/C25H24ClF8N5O2S/c26-16-10-21(38(13-16)14-35)24(41)39(19-1-3-20(4-2-19)42(30,31,32,33)34)22(15-9-17(27)12-36-11-15)23(40)37-18-5-7-25(28,29)8-6-18/h1-4,9,11-12,16,18,21-22H,5-8,10,13H2,(H,37,40)/t16?,21-,22?/m1/s1. The number of halogens is 9. The Morgan fingerprint density at radius 3 is 2.29 bits per heavy atom. The van der Waals surface area contributed by atoms with Gasteiger partial charge in [-0.05, 0) is 49.6 Å². The number of hydrogen-bond donors (Lipinski definition) is 1. The Labute approximate surface area is 240 Å². The minimum Gasteiger partial charge on any atom is -0.351 e. The van der Waals surface area contributed by atoms with E-state index in [2.05, 4.69) is 10.3 Å². The molecule has 0 bridgehead atoms. The van der Waals surface area contributed by atoms with E-state index in [1.807, 2.05) is 0 Å². The average Bonchev–Trinajstić information content (AvgIpc) is 3.27. The molecule has 2 amide bonds. The number of aromatic nitrogens is 1. The molecule has 1 N–H and O–H groups in total. The number of pyridine rings is 1. The van der Waals surface area contributed by atoms with Crippen molar-refractivity contribution < 1.29 is 42.2 Å². The zero-order valence-electron chi connectivity index (χ0n) is 21.5. The second kappa shape index (κ2) is 10.4. The fraction of sp³-hybridized carbons (Fsp3) is 0.440. The predicted octanol–water partition coefficient (Wildman–Crippen LogP) is 6.81. The molecule has 42 heavy (non-hydrogen) atoms. The number of nitrogens with zero attached hydrogens (tertiary/aromatic N) is 4. The molecule has 0 spiro atoms. The molecule has 4 rings (SSSR count). The summed E-state index contributed by atoms with van der Waals surface area (Å²) in [5.74, 6) is -5.95. The lowest BCUT2D eigenvalue weighted by Crippen LogP contribution is -2.52. The summed E-state index contributed by atoms with van der Waals surface area (Å²) in [5.41, 5.74) is -0.733. The van der Waals surface area contributed by atoms with E-state index in [-0.39, 0.29) is 43.5 Å². The van der Waals surface area contributed by atoms with E-state index < -0.39 is 80.7 Å². The van der Waals surface area contributed by atoms with Crippen LogP contribution < -0.4 is 10.2 Å². The third kappa shape index (κ3) is 7.17. The first kappa shape index (κ1) is 31.6. The third-order valence-electron chi connectivity index (χ3n) is 7.07. The first-order chi connectivity index (χ1) is 19.3. The van der Waals surface area contributed by atoms with Crippen LogP contribution in [0.25, 0.3) is 0 Å².